The molecule has 1 aliphatic heterocycles. The molecule has 0 saturated carbocycles. The van der Waals surface area contributed by atoms with Gasteiger partial charge in [0.1, 0.15) is 12.1 Å². The van der Waals surface area contributed by atoms with Gasteiger partial charge in [-0.05, 0) is 17.7 Å². The Kier molecular flexibility index (Phi) is 5.57. The van der Waals surface area contributed by atoms with E-state index in [-0.39, 0.29) is 19.6 Å². The molecule has 1 aliphatic rings. The Bertz CT molecular complexity index is 883. The fraction of sp³-hybridized carbons (Fsp3) is 0.278. The number of benzene rings is 2. The molecular weight excluding hydrogens is 385 g/mol. The number of carbonyl (C=O) groups excluding carboxylic acids is 1. The van der Waals surface area contributed by atoms with Crippen molar-refractivity contribution in [1.29, 1.82) is 0 Å². The highest BCUT2D eigenvalue weighted by atomic mass is 19.2. The van der Waals surface area contributed by atoms with Gasteiger partial charge in [-0.15, -0.1) is 0 Å². The number of anilines is 1. The minimum absolute atomic E-state index is 0.0377. The van der Waals surface area contributed by atoms with Crippen LogP contribution < -0.4 is 4.90 Å². The smallest absolute Gasteiger partial charge is 0.260 e. The van der Waals surface area contributed by atoms with Gasteiger partial charge in [0, 0.05) is 31.9 Å². The molecule has 1 heterocycles. The first-order valence-electron chi connectivity index (χ1n) is 8.28. The number of nitroso groups, excluding NO2 is 1. The predicted octanol–water partition coefficient (Wildman–Crippen LogP) is 3.61. The highest BCUT2D eigenvalue weighted by Gasteiger charge is 2.33. The van der Waals surface area contributed by atoms with Crippen LogP contribution >= 0.6 is 0 Å². The number of piperazine rings is 1. The molecule has 0 bridgehead atoms. The van der Waals surface area contributed by atoms with E-state index in [1.807, 2.05) is 4.90 Å². The van der Waals surface area contributed by atoms with Gasteiger partial charge in [0.2, 0.25) is 5.82 Å². The second kappa shape index (κ2) is 7.91. The first-order chi connectivity index (χ1) is 13.3. The maximum absolute atomic E-state index is 13.8. The number of carbonyl (C=O) groups is 1. The topological polar surface area (TPSA) is 53.0 Å². The normalized spacial score (nSPS) is 14.3. The van der Waals surface area contributed by atoms with Gasteiger partial charge in [-0.25, -0.2) is 22.0 Å². The van der Waals surface area contributed by atoms with Gasteiger partial charge in [-0.3, -0.25) is 4.79 Å². The molecule has 0 spiro atoms. The SMILES string of the molecule is O=NCc1ccc(N2CCN(C(=O)c3c(F)c(F)c(F)c(F)c3F)CC2)cc1. The molecule has 1 fully saturated rings. The molecule has 0 unspecified atom stereocenters. The summed E-state index contributed by atoms with van der Waals surface area (Å²) < 4.78 is 67.5. The molecule has 1 saturated heterocycles. The van der Waals surface area contributed by atoms with Gasteiger partial charge in [-0.2, -0.15) is 4.91 Å². The van der Waals surface area contributed by atoms with E-state index in [0.717, 1.165) is 16.2 Å². The average molecular weight is 399 g/mol. The van der Waals surface area contributed by atoms with Crippen molar-refractivity contribution in [2.24, 2.45) is 5.18 Å². The minimum atomic E-state index is -2.30. The zero-order chi connectivity index (χ0) is 20.4. The Hall–Kier alpha value is -3.04. The molecule has 28 heavy (non-hydrogen) atoms. The van der Waals surface area contributed by atoms with E-state index in [1.54, 1.807) is 24.3 Å². The molecule has 2 aromatic rings. The quantitative estimate of drug-likeness (QED) is 0.342. The van der Waals surface area contributed by atoms with Crippen molar-refractivity contribution in [3.8, 4) is 0 Å². The van der Waals surface area contributed by atoms with Crippen LogP contribution in [0.25, 0.3) is 0 Å². The zero-order valence-corrected chi connectivity index (χ0v) is 14.4. The fourth-order valence-electron chi connectivity index (χ4n) is 3.01. The average Bonchev–Trinajstić information content (AvgIpc) is 2.72. The second-order valence-electron chi connectivity index (χ2n) is 6.18. The highest BCUT2D eigenvalue weighted by molar-refractivity contribution is 5.95. The third kappa shape index (κ3) is 3.54. The lowest BCUT2D eigenvalue weighted by molar-refractivity contribution is 0.0733. The first kappa shape index (κ1) is 19.7. The molecule has 0 aromatic heterocycles. The largest absolute Gasteiger partial charge is 0.368 e. The van der Waals surface area contributed by atoms with E-state index in [4.69, 9.17) is 0 Å². The van der Waals surface area contributed by atoms with E-state index >= 15 is 0 Å². The number of halogens is 5. The Labute approximate surface area is 156 Å². The molecule has 10 heteroatoms. The Morgan fingerprint density at radius 2 is 1.32 bits per heavy atom. The van der Waals surface area contributed by atoms with E-state index < -0.39 is 40.6 Å². The van der Waals surface area contributed by atoms with Gasteiger partial charge in [0.05, 0.1) is 0 Å². The van der Waals surface area contributed by atoms with E-state index in [2.05, 4.69) is 5.18 Å². The summed E-state index contributed by atoms with van der Waals surface area (Å²) in [7, 11) is 0. The summed E-state index contributed by atoms with van der Waals surface area (Å²) in [4.78, 5) is 25.5. The van der Waals surface area contributed by atoms with Crippen LogP contribution in [0.4, 0.5) is 27.6 Å². The van der Waals surface area contributed by atoms with Crippen molar-refractivity contribution >= 4 is 11.6 Å². The Morgan fingerprint density at radius 1 is 0.821 bits per heavy atom. The van der Waals surface area contributed by atoms with E-state index in [0.29, 0.717) is 13.1 Å². The Balaban J connectivity index is 1.73. The van der Waals surface area contributed by atoms with Crippen molar-refractivity contribution in [1.82, 2.24) is 4.90 Å². The van der Waals surface area contributed by atoms with Crippen molar-refractivity contribution in [2.45, 2.75) is 6.54 Å². The fourth-order valence-corrected chi connectivity index (χ4v) is 3.01. The van der Waals surface area contributed by atoms with Gasteiger partial charge in [-0.1, -0.05) is 17.3 Å². The predicted molar refractivity (Wildman–Crippen MR) is 90.3 cm³/mol. The number of hydrogen-bond donors (Lipinski definition) is 0. The van der Waals surface area contributed by atoms with Crippen LogP contribution in [0.3, 0.4) is 0 Å². The summed E-state index contributed by atoms with van der Waals surface area (Å²) in [6.45, 7) is 0.718. The van der Waals surface area contributed by atoms with Crippen LogP contribution in [0, 0.1) is 34.0 Å². The monoisotopic (exact) mass is 399 g/mol. The number of nitrogens with zero attached hydrogens (tertiary/aromatic N) is 3. The van der Waals surface area contributed by atoms with Gasteiger partial charge >= 0.3 is 0 Å². The zero-order valence-electron chi connectivity index (χ0n) is 14.4. The van der Waals surface area contributed by atoms with Crippen LogP contribution in [-0.4, -0.2) is 37.0 Å². The summed E-state index contributed by atoms with van der Waals surface area (Å²) in [5.41, 5.74) is 0.0902. The molecule has 0 aliphatic carbocycles. The maximum Gasteiger partial charge on any atom is 0.260 e. The molecule has 148 valence electrons. The minimum Gasteiger partial charge on any atom is -0.368 e. The third-order valence-electron chi connectivity index (χ3n) is 4.54. The molecule has 0 radical (unpaired) electrons. The summed E-state index contributed by atoms with van der Waals surface area (Å²) in [5.74, 6) is -12.1. The lowest BCUT2D eigenvalue weighted by Gasteiger charge is -2.36. The number of rotatable bonds is 4. The van der Waals surface area contributed by atoms with Crippen molar-refractivity contribution in [3.63, 3.8) is 0 Å². The molecule has 2 aromatic carbocycles. The third-order valence-corrected chi connectivity index (χ3v) is 4.54. The first-order valence-corrected chi connectivity index (χ1v) is 8.28. The van der Waals surface area contributed by atoms with E-state index in [1.165, 1.54) is 0 Å². The van der Waals surface area contributed by atoms with Gasteiger partial charge in [0.15, 0.2) is 23.3 Å². The number of amides is 1. The number of hydrogen-bond acceptors (Lipinski definition) is 4. The highest BCUT2D eigenvalue weighted by Crippen LogP contribution is 2.25. The lowest BCUT2D eigenvalue weighted by atomic mass is 10.1. The molecule has 3 rings (SSSR count). The van der Waals surface area contributed by atoms with Crippen molar-refractivity contribution < 1.29 is 26.7 Å². The van der Waals surface area contributed by atoms with Crippen molar-refractivity contribution in [2.75, 3.05) is 31.1 Å². The van der Waals surface area contributed by atoms with Crippen molar-refractivity contribution in [3.05, 3.63) is 69.4 Å². The molecule has 0 atom stereocenters. The molecule has 0 N–H and O–H groups in total. The van der Waals surface area contributed by atoms with E-state index in [9.17, 15) is 31.7 Å². The standard InChI is InChI=1S/C18H14F5N3O2/c19-13-12(14(20)16(22)17(23)15(13)21)18(27)26-7-5-25(6-8-26)11-3-1-10(2-4-11)9-24-28/h1-4H,5-9H2. The van der Waals surface area contributed by atoms with Crippen LogP contribution in [0.5, 0.6) is 0 Å². The summed E-state index contributed by atoms with van der Waals surface area (Å²) in [5, 5.41) is 2.79. The van der Waals surface area contributed by atoms with Crippen LogP contribution in [0.1, 0.15) is 15.9 Å². The van der Waals surface area contributed by atoms with Gasteiger partial charge in [0.25, 0.3) is 5.91 Å². The molecule has 1 amide bonds. The summed E-state index contributed by atoms with van der Waals surface area (Å²) >= 11 is 0. The van der Waals surface area contributed by atoms with Crippen LogP contribution in [-0.2, 0) is 6.54 Å². The van der Waals surface area contributed by atoms with Crippen LogP contribution in [0.2, 0.25) is 0 Å². The summed E-state index contributed by atoms with van der Waals surface area (Å²) in [6, 6.07) is 6.98. The van der Waals surface area contributed by atoms with Gasteiger partial charge < -0.3 is 9.80 Å². The second-order valence-corrected chi connectivity index (χ2v) is 6.18. The Morgan fingerprint density at radius 3 is 1.82 bits per heavy atom. The molecular formula is C18H14F5N3O2. The maximum atomic E-state index is 13.8. The lowest BCUT2D eigenvalue weighted by Crippen LogP contribution is -2.49. The molecule has 5 nitrogen and oxygen atoms in total. The van der Waals surface area contributed by atoms with Crippen LogP contribution in [0.15, 0.2) is 29.4 Å². The summed E-state index contributed by atoms with van der Waals surface area (Å²) in [6.07, 6.45) is 0.